The zero-order valence-corrected chi connectivity index (χ0v) is 18.7. The zero-order valence-electron chi connectivity index (χ0n) is 17.2. The summed E-state index contributed by atoms with van der Waals surface area (Å²) in [5.74, 6) is 0. The van der Waals surface area contributed by atoms with Crippen molar-refractivity contribution in [2.75, 3.05) is 14.2 Å². The normalized spacial score (nSPS) is 17.5. The number of para-hydroxylation sites is 1. The summed E-state index contributed by atoms with van der Waals surface area (Å²) in [6.45, 7) is 13.4. The summed E-state index contributed by atoms with van der Waals surface area (Å²) in [4.78, 5) is 4.64. The third-order valence-corrected chi connectivity index (χ3v) is 13.8. The first kappa shape index (κ1) is 19.5. The van der Waals surface area contributed by atoms with Gasteiger partial charge in [-0.05, 0) is 0 Å². The van der Waals surface area contributed by atoms with Crippen LogP contribution in [0.4, 0.5) is 0 Å². The van der Waals surface area contributed by atoms with E-state index in [1.807, 2.05) is 26.5 Å². The van der Waals surface area contributed by atoms with Gasteiger partial charge in [-0.3, -0.25) is 0 Å². The molecule has 4 heteroatoms. The Labute approximate surface area is 161 Å². The van der Waals surface area contributed by atoms with Crippen LogP contribution < -0.4 is 3.87 Å². The van der Waals surface area contributed by atoms with E-state index in [0.29, 0.717) is 0 Å². The maximum atomic E-state index is 6.46. The molecule has 138 valence electrons. The minimum absolute atomic E-state index is 0.216. The van der Waals surface area contributed by atoms with E-state index in [2.05, 4.69) is 64.7 Å². The Bertz CT molecular complexity index is 914. The molecular formula is C22H29NO2Ti. The molecule has 26 heavy (non-hydrogen) atoms. The monoisotopic (exact) mass is 387 g/mol. The van der Waals surface area contributed by atoms with E-state index in [0.717, 1.165) is 16.5 Å². The molecule has 0 radical (unpaired) electrons. The summed E-state index contributed by atoms with van der Waals surface area (Å²) in [5.41, 5.74) is 7.62. The number of benzene rings is 1. The molecule has 0 saturated heterocycles. The molecule has 0 saturated carbocycles. The van der Waals surface area contributed by atoms with Crippen LogP contribution in [0.15, 0.2) is 52.8 Å². The van der Waals surface area contributed by atoms with Gasteiger partial charge in [0.1, 0.15) is 0 Å². The van der Waals surface area contributed by atoms with E-state index < -0.39 is 17.4 Å². The van der Waals surface area contributed by atoms with E-state index in [1.165, 1.54) is 26.2 Å². The Morgan fingerprint density at radius 1 is 0.885 bits per heavy atom. The zero-order chi connectivity index (χ0) is 19.3. The van der Waals surface area contributed by atoms with Crippen LogP contribution in [-0.2, 0) is 24.0 Å². The van der Waals surface area contributed by atoms with Crippen LogP contribution in [0.25, 0.3) is 10.9 Å². The fourth-order valence-electron chi connectivity index (χ4n) is 4.71. The quantitative estimate of drug-likeness (QED) is 0.667. The van der Waals surface area contributed by atoms with Crippen LogP contribution in [0.1, 0.15) is 40.2 Å². The summed E-state index contributed by atoms with van der Waals surface area (Å²) < 4.78 is 13.9. The van der Waals surface area contributed by atoms with Gasteiger partial charge in [0, 0.05) is 0 Å². The van der Waals surface area contributed by atoms with Gasteiger partial charge in [0.2, 0.25) is 0 Å². The molecule has 1 aliphatic carbocycles. The number of allylic oxidation sites excluding steroid dienone is 4. The van der Waals surface area contributed by atoms with E-state index in [-0.39, 0.29) is 3.72 Å². The molecule has 3 nitrogen and oxygen atoms in total. The van der Waals surface area contributed by atoms with Crippen molar-refractivity contribution in [3.8, 4) is 0 Å². The molecule has 1 aromatic heterocycles. The third kappa shape index (κ3) is 2.34. The van der Waals surface area contributed by atoms with Crippen LogP contribution in [0.5, 0.6) is 0 Å². The molecule has 0 amide bonds. The number of rotatable bonds is 4. The number of hydrogen-bond acceptors (Lipinski definition) is 3. The molecule has 0 fully saturated rings. The van der Waals surface area contributed by atoms with Crippen molar-refractivity contribution in [2.24, 2.45) is 0 Å². The fraction of sp³-hybridized carbons (Fsp3) is 0.409. The van der Waals surface area contributed by atoms with Crippen LogP contribution in [-0.4, -0.2) is 19.2 Å². The van der Waals surface area contributed by atoms with Crippen LogP contribution in [0.2, 0.25) is 3.72 Å². The van der Waals surface area contributed by atoms with E-state index >= 15 is 0 Å². The van der Waals surface area contributed by atoms with Crippen molar-refractivity contribution < 1.29 is 24.0 Å². The van der Waals surface area contributed by atoms with Crippen molar-refractivity contribution in [2.45, 2.75) is 45.3 Å². The number of pyridine rings is 1. The molecule has 0 spiro atoms. The SMILES string of the molecule is C[O][Ti]([O]C)([c]1c(C)cnc2ccccc12)[C]1(C)C(C)=C(C)C(C)=C1C. The van der Waals surface area contributed by atoms with Crippen molar-refractivity contribution in [3.05, 3.63) is 58.3 Å². The number of aryl methyl sites for hydroxylation is 1. The maximum absolute atomic E-state index is 6.46. The predicted molar refractivity (Wildman–Crippen MR) is 105 cm³/mol. The van der Waals surface area contributed by atoms with Crippen molar-refractivity contribution >= 4 is 14.8 Å². The summed E-state index contributed by atoms with van der Waals surface area (Å²) in [7, 11) is 3.65. The Kier molecular flexibility index (Phi) is 5.04. The van der Waals surface area contributed by atoms with Crippen LogP contribution in [0.3, 0.4) is 0 Å². The Balaban J connectivity index is 2.46. The topological polar surface area (TPSA) is 31.4 Å². The molecule has 1 aromatic carbocycles. The second-order valence-corrected chi connectivity index (χ2v) is 13.0. The van der Waals surface area contributed by atoms with Gasteiger partial charge in [-0.25, -0.2) is 0 Å². The van der Waals surface area contributed by atoms with Gasteiger partial charge >= 0.3 is 162 Å². The first-order chi connectivity index (χ1) is 12.3. The Morgan fingerprint density at radius 2 is 1.42 bits per heavy atom. The standard InChI is InChI=1S/C10H8N.C10H15.2CH3O.Ti/c1-8-6-9-4-2-3-5-10(9)11-7-8;1-6-7(2)9(4)10(5)8(6)3;2*1-2;/h2-5,7H,1H3;1-5H3;2*1H3;/q;;2*-1;+2. The number of fused-ring (bicyclic) bond motifs is 1. The van der Waals surface area contributed by atoms with Gasteiger partial charge in [0.15, 0.2) is 0 Å². The van der Waals surface area contributed by atoms with E-state index in [9.17, 15) is 0 Å². The summed E-state index contributed by atoms with van der Waals surface area (Å²) in [6.07, 6.45) is 1.96. The summed E-state index contributed by atoms with van der Waals surface area (Å²) >= 11 is -3.57. The van der Waals surface area contributed by atoms with Gasteiger partial charge in [-0.2, -0.15) is 0 Å². The second kappa shape index (κ2) is 6.72. The number of nitrogens with zero attached hydrogens (tertiary/aromatic N) is 1. The molecule has 0 aliphatic heterocycles. The minimum atomic E-state index is -3.57. The first-order valence-corrected chi connectivity index (χ1v) is 11.9. The number of hydrogen-bond donors (Lipinski definition) is 0. The fourth-order valence-corrected chi connectivity index (χ4v) is 11.6. The average molecular weight is 387 g/mol. The van der Waals surface area contributed by atoms with Gasteiger partial charge < -0.3 is 0 Å². The number of aromatic nitrogens is 1. The summed E-state index contributed by atoms with van der Waals surface area (Å²) in [5, 5.41) is 1.15. The Hall–Kier alpha value is -1.26. The van der Waals surface area contributed by atoms with Crippen LogP contribution in [0, 0.1) is 6.92 Å². The molecule has 0 bridgehead atoms. The molecular weight excluding hydrogens is 358 g/mol. The van der Waals surface area contributed by atoms with Crippen LogP contribution >= 0.6 is 0 Å². The predicted octanol–water partition coefficient (Wildman–Crippen LogP) is 5.31. The molecule has 0 unspecified atom stereocenters. The van der Waals surface area contributed by atoms with E-state index in [1.54, 1.807) is 0 Å². The Morgan fingerprint density at radius 3 is 1.96 bits per heavy atom. The molecule has 0 atom stereocenters. The van der Waals surface area contributed by atoms with Crippen molar-refractivity contribution in [3.63, 3.8) is 0 Å². The van der Waals surface area contributed by atoms with Gasteiger partial charge in [-0.1, -0.05) is 0 Å². The molecule has 2 aromatic rings. The second-order valence-electron chi connectivity index (χ2n) is 7.48. The molecule has 1 aliphatic rings. The first-order valence-electron chi connectivity index (χ1n) is 9.07. The van der Waals surface area contributed by atoms with E-state index in [4.69, 9.17) is 6.64 Å². The van der Waals surface area contributed by atoms with Crippen molar-refractivity contribution in [1.82, 2.24) is 4.98 Å². The van der Waals surface area contributed by atoms with Crippen molar-refractivity contribution in [1.29, 1.82) is 0 Å². The van der Waals surface area contributed by atoms with Gasteiger partial charge in [0.05, 0.1) is 0 Å². The summed E-state index contributed by atoms with van der Waals surface area (Å²) in [6, 6.07) is 8.32. The third-order valence-electron chi connectivity index (χ3n) is 6.71. The molecule has 3 rings (SSSR count). The van der Waals surface area contributed by atoms with Gasteiger partial charge in [-0.15, -0.1) is 0 Å². The van der Waals surface area contributed by atoms with Gasteiger partial charge in [0.25, 0.3) is 0 Å². The average Bonchev–Trinajstić information content (AvgIpc) is 2.81. The molecule has 0 N–H and O–H groups in total. The molecule has 1 heterocycles.